The van der Waals surface area contributed by atoms with Crippen LogP contribution in [-0.4, -0.2) is 32.5 Å². The van der Waals surface area contributed by atoms with Crippen molar-refractivity contribution in [3.63, 3.8) is 0 Å². The molecule has 2 rings (SSSR count). The summed E-state index contributed by atoms with van der Waals surface area (Å²) in [5.41, 5.74) is -0.320. The molecule has 1 heterocycles. The minimum absolute atomic E-state index is 0.318. The number of nitriles is 1. The van der Waals surface area contributed by atoms with E-state index in [1.165, 1.54) is 6.07 Å². The number of alkyl halides is 3. The molecule has 3 amide bonds. The number of urea groups is 1. The van der Waals surface area contributed by atoms with Crippen LogP contribution in [-0.2, 0) is 4.79 Å². The second-order valence-corrected chi connectivity index (χ2v) is 8.20. The molecule has 10 heteroatoms. The number of amides is 3. The van der Waals surface area contributed by atoms with Crippen molar-refractivity contribution in [3.8, 4) is 11.8 Å². The highest BCUT2D eigenvalue weighted by molar-refractivity contribution is 6.76. The molecule has 0 saturated carbocycles. The minimum Gasteiger partial charge on any atom is -0.485 e. The number of benzene rings is 1. The number of aliphatic hydroxyl groups is 1. The maximum absolute atomic E-state index is 12.1. The van der Waals surface area contributed by atoms with Crippen LogP contribution in [0.2, 0.25) is 0 Å². The molecule has 1 aromatic carbocycles. The van der Waals surface area contributed by atoms with E-state index in [1.807, 2.05) is 11.4 Å². The Morgan fingerprint density at radius 3 is 2.56 bits per heavy atom. The summed E-state index contributed by atoms with van der Waals surface area (Å²) in [5, 5.41) is 23.9. The average Bonchev–Trinajstić information content (AvgIpc) is 2.50. The van der Waals surface area contributed by atoms with Gasteiger partial charge in [0, 0.05) is 5.56 Å². The Morgan fingerprint density at radius 2 is 2.00 bits per heavy atom. The number of nitrogens with one attached hydrogen (secondary N) is 2. The third-order valence-corrected chi connectivity index (χ3v) is 4.16. The molecule has 3 N–H and O–H groups in total. The Morgan fingerprint density at radius 1 is 1.36 bits per heavy atom. The van der Waals surface area contributed by atoms with Crippen molar-refractivity contribution in [2.75, 3.05) is 0 Å². The van der Waals surface area contributed by atoms with Gasteiger partial charge < -0.3 is 15.2 Å². The van der Waals surface area contributed by atoms with E-state index in [-0.39, 0.29) is 0 Å². The summed E-state index contributed by atoms with van der Waals surface area (Å²) in [6.45, 7) is 3.27. The van der Waals surface area contributed by atoms with Crippen molar-refractivity contribution in [1.29, 1.82) is 5.26 Å². The Balaban J connectivity index is 2.31. The Labute approximate surface area is 158 Å². The summed E-state index contributed by atoms with van der Waals surface area (Å²) in [6.07, 6.45) is -1.16. The monoisotopic (exact) mass is 405 g/mol. The first-order chi connectivity index (χ1) is 11.5. The van der Waals surface area contributed by atoms with Gasteiger partial charge in [-0.15, -0.1) is 0 Å². The number of imide groups is 1. The molecule has 1 aromatic rings. The smallest absolute Gasteiger partial charge is 0.322 e. The lowest BCUT2D eigenvalue weighted by Gasteiger charge is -2.42. The summed E-state index contributed by atoms with van der Waals surface area (Å²) in [5.74, 6) is -0.742. The van der Waals surface area contributed by atoms with Crippen molar-refractivity contribution in [2.24, 2.45) is 0 Å². The van der Waals surface area contributed by atoms with E-state index in [9.17, 15) is 14.7 Å². The van der Waals surface area contributed by atoms with Gasteiger partial charge in [-0.2, -0.15) is 5.26 Å². The van der Waals surface area contributed by atoms with Crippen molar-refractivity contribution in [2.45, 2.75) is 35.4 Å². The highest BCUT2D eigenvalue weighted by Gasteiger charge is 2.44. The second kappa shape index (κ2) is 6.89. The number of ether oxygens (including phenoxy) is 1. The summed E-state index contributed by atoms with van der Waals surface area (Å²) in [4.78, 5) is 23.6. The van der Waals surface area contributed by atoms with Gasteiger partial charge in [0.2, 0.25) is 0 Å². The van der Waals surface area contributed by atoms with Crippen LogP contribution in [0.4, 0.5) is 4.79 Å². The van der Waals surface area contributed by atoms with E-state index in [0.29, 0.717) is 16.9 Å². The topological polar surface area (TPSA) is 111 Å². The lowest BCUT2D eigenvalue weighted by Crippen LogP contribution is -2.55. The molecule has 1 aliphatic heterocycles. The lowest BCUT2D eigenvalue weighted by molar-refractivity contribution is -0.119. The third kappa shape index (κ3) is 4.28. The molecule has 2 atom stereocenters. The fourth-order valence-electron chi connectivity index (χ4n) is 2.38. The minimum atomic E-state index is -2.31. The van der Waals surface area contributed by atoms with E-state index in [2.05, 4.69) is 5.32 Å². The predicted molar refractivity (Wildman–Crippen MR) is 91.6 cm³/mol. The van der Waals surface area contributed by atoms with Gasteiger partial charge in [0.1, 0.15) is 17.5 Å². The van der Waals surface area contributed by atoms with Gasteiger partial charge in [-0.1, -0.05) is 34.8 Å². The molecule has 0 unspecified atom stereocenters. The molecule has 0 fully saturated rings. The maximum Gasteiger partial charge on any atom is 0.322 e. The fraction of sp³-hybridized carbons (Fsp3) is 0.400. The molecule has 0 saturated heterocycles. The number of hydrogen-bond acceptors (Lipinski definition) is 5. The van der Waals surface area contributed by atoms with Crippen LogP contribution in [0.25, 0.3) is 0 Å². The molecule has 25 heavy (non-hydrogen) atoms. The molecule has 0 aromatic heterocycles. The average molecular weight is 407 g/mol. The van der Waals surface area contributed by atoms with Crippen LogP contribution >= 0.6 is 34.8 Å². The van der Waals surface area contributed by atoms with E-state index >= 15 is 0 Å². The highest BCUT2D eigenvalue weighted by Crippen LogP contribution is 2.40. The lowest BCUT2D eigenvalue weighted by atomic mass is 9.86. The largest absolute Gasteiger partial charge is 0.485 e. The number of hydrogen-bond donors (Lipinski definition) is 3. The van der Waals surface area contributed by atoms with Gasteiger partial charge in [-0.3, -0.25) is 10.1 Å². The Hall–Kier alpha value is -1.72. The SMILES string of the molecule is CC1(C)Oc2ccc(C#N)cc2[C@@H](NC(=O)NC(=O)C(Cl)(Cl)Cl)[C@@H]1O. The van der Waals surface area contributed by atoms with Crippen LogP contribution < -0.4 is 15.4 Å². The predicted octanol–water partition coefficient (Wildman–Crippen LogP) is 2.33. The molecule has 0 radical (unpaired) electrons. The molecule has 0 aliphatic carbocycles. The number of aliphatic hydroxyl groups excluding tert-OH is 1. The number of halogens is 3. The number of fused-ring (bicyclic) bond motifs is 1. The van der Waals surface area contributed by atoms with Gasteiger partial charge in [-0.05, 0) is 32.0 Å². The summed E-state index contributed by atoms with van der Waals surface area (Å²) >= 11 is 16.2. The van der Waals surface area contributed by atoms with E-state index in [1.54, 1.807) is 26.0 Å². The van der Waals surface area contributed by atoms with Crippen molar-refractivity contribution >= 4 is 46.7 Å². The first-order valence-electron chi connectivity index (χ1n) is 7.05. The van der Waals surface area contributed by atoms with Crippen LogP contribution in [0.5, 0.6) is 5.75 Å². The highest BCUT2D eigenvalue weighted by atomic mass is 35.6. The first kappa shape index (κ1) is 19.6. The van der Waals surface area contributed by atoms with Crippen LogP contribution in [0, 0.1) is 11.3 Å². The Kier molecular flexibility index (Phi) is 5.40. The van der Waals surface area contributed by atoms with E-state index < -0.39 is 33.5 Å². The van der Waals surface area contributed by atoms with Gasteiger partial charge in [0.25, 0.3) is 9.70 Å². The fourth-order valence-corrected chi connectivity index (χ4v) is 2.52. The zero-order valence-electron chi connectivity index (χ0n) is 13.1. The maximum atomic E-state index is 12.1. The van der Waals surface area contributed by atoms with E-state index in [4.69, 9.17) is 44.8 Å². The normalized spacial score (nSPS) is 21.3. The molecular weight excluding hydrogens is 393 g/mol. The number of carbonyl (C=O) groups excluding carboxylic acids is 2. The summed E-state index contributed by atoms with van der Waals surface area (Å²) in [6, 6.07) is 4.65. The van der Waals surface area contributed by atoms with Gasteiger partial charge in [0.05, 0.1) is 17.7 Å². The standard InChI is InChI=1S/C15H14Cl3N3O4/c1-14(2)11(22)10(20-13(24)21-12(23)15(16,17)18)8-5-7(6-19)3-4-9(8)25-14/h3-5,10-11,22H,1-2H3,(H2,20,21,23,24)/t10-,11+/m1/s1. The molecule has 7 nitrogen and oxygen atoms in total. The van der Waals surface area contributed by atoms with Crippen LogP contribution in [0.1, 0.15) is 31.0 Å². The molecular formula is C15H14Cl3N3O4. The molecule has 134 valence electrons. The number of rotatable bonds is 1. The Bertz CT molecular complexity index is 755. The van der Waals surface area contributed by atoms with Crippen LogP contribution in [0.15, 0.2) is 18.2 Å². The number of nitrogens with zero attached hydrogens (tertiary/aromatic N) is 1. The van der Waals surface area contributed by atoms with E-state index in [0.717, 1.165) is 0 Å². The molecule has 1 aliphatic rings. The zero-order valence-corrected chi connectivity index (χ0v) is 15.4. The van der Waals surface area contributed by atoms with Crippen molar-refractivity contribution in [3.05, 3.63) is 29.3 Å². The van der Waals surface area contributed by atoms with Gasteiger partial charge in [-0.25, -0.2) is 4.79 Å². The molecule has 0 spiro atoms. The van der Waals surface area contributed by atoms with Crippen LogP contribution in [0.3, 0.4) is 0 Å². The third-order valence-electron chi connectivity index (χ3n) is 3.65. The second-order valence-electron chi connectivity index (χ2n) is 5.92. The first-order valence-corrected chi connectivity index (χ1v) is 8.19. The van der Waals surface area contributed by atoms with Gasteiger partial charge >= 0.3 is 6.03 Å². The zero-order chi connectivity index (χ0) is 19.0. The summed E-state index contributed by atoms with van der Waals surface area (Å²) < 4.78 is 3.41. The summed E-state index contributed by atoms with van der Waals surface area (Å²) in [7, 11) is 0. The van der Waals surface area contributed by atoms with Crippen molar-refractivity contribution in [1.82, 2.24) is 10.6 Å². The quantitative estimate of drug-likeness (QED) is 0.620. The number of carbonyl (C=O) groups is 2. The molecule has 0 bridgehead atoms. The van der Waals surface area contributed by atoms with Gasteiger partial charge in [0.15, 0.2) is 0 Å². The van der Waals surface area contributed by atoms with Crippen molar-refractivity contribution < 1.29 is 19.4 Å².